The zero-order valence-electron chi connectivity index (χ0n) is 14.6. The number of nitrogens with one attached hydrogen (secondary N) is 1. The second-order valence-electron chi connectivity index (χ2n) is 5.97. The molecule has 0 atom stereocenters. The van der Waals surface area contributed by atoms with Crippen LogP contribution in [0.5, 0.6) is 0 Å². The van der Waals surface area contributed by atoms with Crippen molar-refractivity contribution >= 4 is 17.5 Å². The van der Waals surface area contributed by atoms with Crippen molar-refractivity contribution in [3.63, 3.8) is 0 Å². The average molecular weight is 355 g/mol. The second-order valence-corrected chi connectivity index (χ2v) is 5.97. The van der Waals surface area contributed by atoms with E-state index in [-0.39, 0.29) is 11.7 Å². The Morgan fingerprint density at radius 2 is 1.85 bits per heavy atom. The van der Waals surface area contributed by atoms with Gasteiger partial charge in [0, 0.05) is 44.4 Å². The molecule has 2 amide bonds. The fourth-order valence-electron chi connectivity index (χ4n) is 2.98. The largest absolute Gasteiger partial charge is 0.353 e. The van der Waals surface area contributed by atoms with Gasteiger partial charge < -0.3 is 15.1 Å². The first-order valence-electron chi connectivity index (χ1n) is 8.58. The molecule has 3 rings (SSSR count). The fourth-order valence-corrected chi connectivity index (χ4v) is 2.98. The first-order valence-corrected chi connectivity index (χ1v) is 8.58. The van der Waals surface area contributed by atoms with Crippen LogP contribution in [0.3, 0.4) is 0 Å². The average Bonchev–Trinajstić information content (AvgIpc) is 2.68. The van der Waals surface area contributed by atoms with E-state index in [0.29, 0.717) is 49.8 Å². The first kappa shape index (κ1) is 17.7. The summed E-state index contributed by atoms with van der Waals surface area (Å²) < 4.78 is 0. The van der Waals surface area contributed by atoms with Crippen LogP contribution in [0.2, 0.25) is 0 Å². The molecule has 1 saturated heterocycles. The molecule has 0 saturated carbocycles. The number of nitrogens with zero attached hydrogens (tertiary/aromatic N) is 4. The zero-order chi connectivity index (χ0) is 18.5. The van der Waals surface area contributed by atoms with Crippen LogP contribution in [-0.4, -0.2) is 53.6 Å². The molecular weight excluding hydrogens is 334 g/mol. The molecule has 1 aromatic heterocycles. The van der Waals surface area contributed by atoms with E-state index in [9.17, 15) is 14.9 Å². The number of nitro groups is 1. The van der Waals surface area contributed by atoms with Crippen molar-refractivity contribution in [3.05, 3.63) is 52.6 Å². The Kier molecular flexibility index (Phi) is 5.31. The Bertz CT molecular complexity index is 789. The van der Waals surface area contributed by atoms with Gasteiger partial charge in [0.2, 0.25) is 0 Å². The van der Waals surface area contributed by atoms with Crippen LogP contribution < -0.4 is 10.2 Å². The number of rotatable bonds is 4. The van der Waals surface area contributed by atoms with E-state index in [0.717, 1.165) is 0 Å². The third-order valence-electron chi connectivity index (χ3n) is 4.32. The number of benzene rings is 1. The number of hydrogen-bond donors (Lipinski definition) is 1. The molecule has 0 bridgehead atoms. The predicted molar refractivity (Wildman–Crippen MR) is 99.2 cm³/mol. The highest BCUT2D eigenvalue weighted by Crippen LogP contribution is 2.30. The lowest BCUT2D eigenvalue weighted by atomic mass is 10.1. The molecule has 136 valence electrons. The smallest absolute Gasteiger partial charge is 0.317 e. The van der Waals surface area contributed by atoms with Gasteiger partial charge in [0.05, 0.1) is 4.92 Å². The third kappa shape index (κ3) is 3.74. The van der Waals surface area contributed by atoms with Crippen molar-refractivity contribution in [2.75, 3.05) is 37.6 Å². The van der Waals surface area contributed by atoms with Gasteiger partial charge in [0.1, 0.15) is 5.82 Å². The summed E-state index contributed by atoms with van der Waals surface area (Å²) in [4.78, 5) is 31.2. The SMILES string of the molecule is CCNC(=O)N1CCN(c2ccc([N+](=O)[O-])c(-c3ccccc3)n2)CC1. The number of aromatic nitrogens is 1. The standard InChI is InChI=1S/C18H21N5O3/c1-2-19-18(24)22-12-10-21(11-13-22)16-9-8-15(23(25)26)17(20-16)14-6-4-3-5-7-14/h3-9H,2,10-13H2,1H3,(H,19,24). The van der Waals surface area contributed by atoms with E-state index in [1.165, 1.54) is 6.07 Å². The first-order chi connectivity index (χ1) is 12.6. The minimum atomic E-state index is -0.411. The number of urea groups is 1. The monoisotopic (exact) mass is 355 g/mol. The summed E-state index contributed by atoms with van der Waals surface area (Å²) in [7, 11) is 0. The summed E-state index contributed by atoms with van der Waals surface area (Å²) in [5, 5.41) is 14.2. The molecule has 2 aromatic rings. The highest BCUT2D eigenvalue weighted by atomic mass is 16.6. The normalized spacial score (nSPS) is 14.2. The number of carbonyl (C=O) groups excluding carboxylic acids is 1. The van der Waals surface area contributed by atoms with Crippen LogP contribution in [0.1, 0.15) is 6.92 Å². The maximum absolute atomic E-state index is 11.9. The molecule has 2 heterocycles. The van der Waals surface area contributed by atoms with Gasteiger partial charge in [-0.15, -0.1) is 0 Å². The molecule has 8 nitrogen and oxygen atoms in total. The number of hydrogen-bond acceptors (Lipinski definition) is 5. The van der Waals surface area contributed by atoms with Crippen LogP contribution in [0.15, 0.2) is 42.5 Å². The Balaban J connectivity index is 1.82. The van der Waals surface area contributed by atoms with E-state index in [1.807, 2.05) is 42.2 Å². The Morgan fingerprint density at radius 3 is 2.46 bits per heavy atom. The van der Waals surface area contributed by atoms with Gasteiger partial charge in [0.15, 0.2) is 5.69 Å². The van der Waals surface area contributed by atoms with Crippen LogP contribution in [0.4, 0.5) is 16.3 Å². The van der Waals surface area contributed by atoms with Crippen molar-refractivity contribution in [2.45, 2.75) is 6.92 Å². The van der Waals surface area contributed by atoms with Crippen LogP contribution in [-0.2, 0) is 0 Å². The number of amides is 2. The molecule has 0 radical (unpaired) electrons. The van der Waals surface area contributed by atoms with E-state index < -0.39 is 4.92 Å². The maximum atomic E-state index is 11.9. The maximum Gasteiger partial charge on any atom is 0.317 e. The van der Waals surface area contributed by atoms with Crippen molar-refractivity contribution < 1.29 is 9.72 Å². The summed E-state index contributed by atoms with van der Waals surface area (Å²) in [5.74, 6) is 0.685. The molecule has 1 aliphatic rings. The lowest BCUT2D eigenvalue weighted by Crippen LogP contribution is -2.52. The van der Waals surface area contributed by atoms with Crippen molar-refractivity contribution in [1.82, 2.24) is 15.2 Å². The summed E-state index contributed by atoms with van der Waals surface area (Å²) in [6.45, 7) is 4.94. The minimum absolute atomic E-state index is 0.0130. The Morgan fingerprint density at radius 1 is 1.15 bits per heavy atom. The Hall–Kier alpha value is -3.16. The van der Waals surface area contributed by atoms with Crippen molar-refractivity contribution in [3.8, 4) is 11.3 Å². The Labute approximate surface area is 151 Å². The van der Waals surface area contributed by atoms with Crippen LogP contribution in [0, 0.1) is 10.1 Å². The van der Waals surface area contributed by atoms with Gasteiger partial charge >= 0.3 is 6.03 Å². The topological polar surface area (TPSA) is 91.6 Å². The quantitative estimate of drug-likeness (QED) is 0.672. The molecule has 0 unspecified atom stereocenters. The highest BCUT2D eigenvalue weighted by Gasteiger charge is 2.24. The van der Waals surface area contributed by atoms with E-state index >= 15 is 0 Å². The molecule has 26 heavy (non-hydrogen) atoms. The number of pyridine rings is 1. The number of carbonyl (C=O) groups is 1. The molecule has 1 aromatic carbocycles. The molecule has 0 aliphatic carbocycles. The summed E-state index contributed by atoms with van der Waals surface area (Å²) >= 11 is 0. The van der Waals surface area contributed by atoms with Gasteiger partial charge in [-0.3, -0.25) is 10.1 Å². The van der Waals surface area contributed by atoms with Gasteiger partial charge in [-0.1, -0.05) is 30.3 Å². The van der Waals surface area contributed by atoms with Gasteiger partial charge in [-0.25, -0.2) is 9.78 Å². The van der Waals surface area contributed by atoms with Gasteiger partial charge in [-0.2, -0.15) is 0 Å². The second kappa shape index (κ2) is 7.81. The lowest BCUT2D eigenvalue weighted by molar-refractivity contribution is -0.384. The zero-order valence-corrected chi connectivity index (χ0v) is 14.6. The van der Waals surface area contributed by atoms with Crippen molar-refractivity contribution in [1.29, 1.82) is 0 Å². The summed E-state index contributed by atoms with van der Waals surface area (Å²) in [5.41, 5.74) is 1.06. The van der Waals surface area contributed by atoms with Gasteiger partial charge in [0.25, 0.3) is 5.69 Å². The molecule has 8 heteroatoms. The lowest BCUT2D eigenvalue weighted by Gasteiger charge is -2.35. The molecule has 1 N–H and O–H groups in total. The van der Waals surface area contributed by atoms with Gasteiger partial charge in [-0.05, 0) is 13.0 Å². The fraction of sp³-hybridized carbons (Fsp3) is 0.333. The molecule has 0 spiro atoms. The molecule has 1 aliphatic heterocycles. The number of anilines is 1. The van der Waals surface area contributed by atoms with Crippen molar-refractivity contribution in [2.24, 2.45) is 0 Å². The number of piperazine rings is 1. The van der Waals surface area contributed by atoms with E-state index in [4.69, 9.17) is 0 Å². The van der Waals surface area contributed by atoms with Crippen LogP contribution >= 0.6 is 0 Å². The minimum Gasteiger partial charge on any atom is -0.353 e. The van der Waals surface area contributed by atoms with E-state index in [2.05, 4.69) is 10.3 Å². The summed E-state index contributed by atoms with van der Waals surface area (Å²) in [6.07, 6.45) is 0. The van der Waals surface area contributed by atoms with Crippen LogP contribution in [0.25, 0.3) is 11.3 Å². The molecule has 1 fully saturated rings. The highest BCUT2D eigenvalue weighted by molar-refractivity contribution is 5.75. The molecular formula is C18H21N5O3. The predicted octanol–water partition coefficient (Wildman–Crippen LogP) is 2.51. The summed E-state index contributed by atoms with van der Waals surface area (Å²) in [6, 6.07) is 12.3. The van der Waals surface area contributed by atoms with E-state index in [1.54, 1.807) is 11.0 Å². The third-order valence-corrected chi connectivity index (χ3v) is 4.32.